The van der Waals surface area contributed by atoms with Gasteiger partial charge < -0.3 is 9.84 Å². The van der Waals surface area contributed by atoms with Crippen molar-refractivity contribution in [1.29, 1.82) is 0 Å². The Kier molecular flexibility index (Phi) is 7.94. The molecule has 0 aliphatic carbocycles. The van der Waals surface area contributed by atoms with Gasteiger partial charge in [-0.25, -0.2) is 0 Å². The highest BCUT2D eigenvalue weighted by Gasteiger charge is 2.26. The van der Waals surface area contributed by atoms with Gasteiger partial charge in [-0.3, -0.25) is 14.5 Å². The number of carbonyl (C=O) groups is 2. The van der Waals surface area contributed by atoms with Crippen molar-refractivity contribution in [2.24, 2.45) is 5.92 Å². The van der Waals surface area contributed by atoms with Gasteiger partial charge in [0.05, 0.1) is 6.54 Å². The molecular formula is C33H36N4O3. The van der Waals surface area contributed by atoms with E-state index in [1.54, 1.807) is 12.1 Å². The maximum atomic E-state index is 13.1. The highest BCUT2D eigenvalue weighted by atomic mass is 16.5. The van der Waals surface area contributed by atoms with Crippen LogP contribution in [-0.2, 0) is 16.8 Å². The largest absolute Gasteiger partial charge is 0.338 e. The van der Waals surface area contributed by atoms with Crippen LogP contribution in [-0.4, -0.2) is 39.8 Å². The summed E-state index contributed by atoms with van der Waals surface area (Å²) in [6, 6.07) is 23.0. The molecule has 1 amide bonds. The lowest BCUT2D eigenvalue weighted by Gasteiger charge is -2.30. The normalized spacial score (nSPS) is 14.7. The second kappa shape index (κ2) is 11.6. The smallest absolute Gasteiger partial charge is 0.241 e. The Balaban J connectivity index is 1.14. The van der Waals surface area contributed by atoms with Crippen molar-refractivity contribution >= 4 is 17.4 Å². The molecule has 0 atom stereocenters. The molecule has 0 radical (unpaired) electrons. The zero-order chi connectivity index (χ0) is 28.3. The number of nitrogens with one attached hydrogen (secondary N) is 1. The summed E-state index contributed by atoms with van der Waals surface area (Å²) in [5, 5.41) is 7.16. The summed E-state index contributed by atoms with van der Waals surface area (Å²) in [5.74, 6) is 1.00. The molecule has 1 fully saturated rings. The molecule has 0 bridgehead atoms. The van der Waals surface area contributed by atoms with Crippen LogP contribution >= 0.6 is 0 Å². The number of hydrogen-bond donors (Lipinski definition) is 1. The summed E-state index contributed by atoms with van der Waals surface area (Å²) in [6.45, 7) is 10.6. The zero-order valence-electron chi connectivity index (χ0n) is 23.6. The molecule has 7 nitrogen and oxygen atoms in total. The van der Waals surface area contributed by atoms with E-state index in [1.165, 1.54) is 5.56 Å². The second-order valence-corrected chi connectivity index (χ2v) is 11.7. The van der Waals surface area contributed by atoms with Crippen LogP contribution in [0.25, 0.3) is 11.4 Å². The Morgan fingerprint density at radius 1 is 0.950 bits per heavy atom. The Morgan fingerprint density at radius 2 is 1.68 bits per heavy atom. The van der Waals surface area contributed by atoms with Crippen molar-refractivity contribution in [3.05, 3.63) is 101 Å². The number of ketones is 1. The summed E-state index contributed by atoms with van der Waals surface area (Å²) in [4.78, 5) is 32.9. The topological polar surface area (TPSA) is 88.3 Å². The Hall–Kier alpha value is -4.10. The quantitative estimate of drug-likeness (QED) is 0.274. The zero-order valence-corrected chi connectivity index (χ0v) is 23.6. The van der Waals surface area contributed by atoms with Crippen molar-refractivity contribution in [2.75, 3.05) is 18.4 Å². The molecule has 3 aromatic carbocycles. The number of rotatable bonds is 7. The number of aryl methyl sites for hydroxylation is 1. The van der Waals surface area contributed by atoms with Crippen LogP contribution in [0.5, 0.6) is 0 Å². The van der Waals surface area contributed by atoms with Gasteiger partial charge in [0.1, 0.15) is 0 Å². The maximum Gasteiger partial charge on any atom is 0.241 e. The average molecular weight is 537 g/mol. The van der Waals surface area contributed by atoms with Gasteiger partial charge in [-0.2, -0.15) is 4.98 Å². The van der Waals surface area contributed by atoms with E-state index in [2.05, 4.69) is 41.1 Å². The van der Waals surface area contributed by atoms with Gasteiger partial charge in [0.15, 0.2) is 5.78 Å². The fourth-order valence-electron chi connectivity index (χ4n) is 5.04. The van der Waals surface area contributed by atoms with Gasteiger partial charge in [-0.1, -0.05) is 86.1 Å². The number of aromatic nitrogens is 2. The SMILES string of the molecule is Cc1cccc(-c2noc(CN3CCC(C(=O)Nc4cccc(C(=O)c5ccc(C(C)(C)C)cc5)c4)CC3)n2)c1. The number of amides is 1. The summed E-state index contributed by atoms with van der Waals surface area (Å²) in [5.41, 5.74) is 5.12. The average Bonchev–Trinajstić information content (AvgIpc) is 3.41. The van der Waals surface area contributed by atoms with Gasteiger partial charge >= 0.3 is 0 Å². The van der Waals surface area contributed by atoms with Crippen molar-refractivity contribution in [2.45, 2.75) is 52.5 Å². The van der Waals surface area contributed by atoms with E-state index >= 15 is 0 Å². The third kappa shape index (κ3) is 6.54. The minimum Gasteiger partial charge on any atom is -0.338 e. The minimum atomic E-state index is -0.0916. The van der Waals surface area contributed by atoms with Crippen molar-refractivity contribution in [3.8, 4) is 11.4 Å². The first-order valence-corrected chi connectivity index (χ1v) is 13.8. The monoisotopic (exact) mass is 536 g/mol. The molecule has 206 valence electrons. The van der Waals surface area contributed by atoms with Crippen molar-refractivity contribution < 1.29 is 14.1 Å². The molecule has 1 aliphatic rings. The van der Waals surface area contributed by atoms with Crippen LogP contribution in [0.2, 0.25) is 0 Å². The number of nitrogens with zero attached hydrogens (tertiary/aromatic N) is 3. The molecule has 5 rings (SSSR count). The molecule has 1 aromatic heterocycles. The molecule has 1 aliphatic heterocycles. The third-order valence-corrected chi connectivity index (χ3v) is 7.47. The van der Waals surface area contributed by atoms with Gasteiger partial charge in [0, 0.05) is 28.3 Å². The van der Waals surface area contributed by atoms with E-state index < -0.39 is 0 Å². The van der Waals surface area contributed by atoms with Gasteiger partial charge in [0.25, 0.3) is 0 Å². The predicted molar refractivity (Wildman–Crippen MR) is 156 cm³/mol. The minimum absolute atomic E-state index is 0.0155. The molecule has 4 aromatic rings. The molecular weight excluding hydrogens is 500 g/mol. The van der Waals surface area contributed by atoms with Gasteiger partial charge in [-0.15, -0.1) is 0 Å². The molecule has 0 spiro atoms. The summed E-state index contributed by atoms with van der Waals surface area (Å²) in [7, 11) is 0. The fourth-order valence-corrected chi connectivity index (χ4v) is 5.04. The first-order valence-electron chi connectivity index (χ1n) is 13.8. The molecule has 1 N–H and O–H groups in total. The summed E-state index contributed by atoms with van der Waals surface area (Å²) < 4.78 is 5.49. The number of hydrogen-bond acceptors (Lipinski definition) is 6. The summed E-state index contributed by atoms with van der Waals surface area (Å²) in [6.07, 6.45) is 1.48. The van der Waals surface area contributed by atoms with E-state index in [0.717, 1.165) is 37.1 Å². The van der Waals surface area contributed by atoms with E-state index in [1.807, 2.05) is 67.6 Å². The number of anilines is 1. The molecule has 7 heteroatoms. The standard InChI is InChI=1S/C33H36N4O3/c1-22-7-5-9-26(19-22)31-35-29(40-36-31)21-37-17-15-24(16-18-37)32(39)34-28-10-6-8-25(20-28)30(38)23-11-13-27(14-12-23)33(2,3)4/h5-14,19-20,24H,15-18,21H2,1-4H3,(H,34,39). The van der Waals surface area contributed by atoms with E-state index in [-0.39, 0.29) is 23.0 Å². The lowest BCUT2D eigenvalue weighted by molar-refractivity contribution is -0.121. The van der Waals surface area contributed by atoms with Crippen LogP contribution in [0, 0.1) is 12.8 Å². The molecule has 40 heavy (non-hydrogen) atoms. The molecule has 0 unspecified atom stereocenters. The first-order chi connectivity index (χ1) is 19.2. The highest BCUT2D eigenvalue weighted by Crippen LogP contribution is 2.25. The van der Waals surface area contributed by atoms with E-state index in [4.69, 9.17) is 4.52 Å². The number of carbonyl (C=O) groups excluding carboxylic acids is 2. The molecule has 0 saturated carbocycles. The Bertz CT molecular complexity index is 1490. The van der Waals surface area contributed by atoms with E-state index in [0.29, 0.717) is 35.1 Å². The third-order valence-electron chi connectivity index (χ3n) is 7.47. The highest BCUT2D eigenvalue weighted by molar-refractivity contribution is 6.09. The van der Waals surface area contributed by atoms with Crippen LogP contribution in [0.1, 0.15) is 66.6 Å². The lowest BCUT2D eigenvalue weighted by atomic mass is 9.86. The fraction of sp³-hybridized carbons (Fsp3) is 0.333. The van der Waals surface area contributed by atoms with Crippen LogP contribution in [0.3, 0.4) is 0 Å². The Labute approximate surface area is 235 Å². The maximum absolute atomic E-state index is 13.1. The van der Waals surface area contributed by atoms with Crippen molar-refractivity contribution in [1.82, 2.24) is 15.0 Å². The Morgan fingerprint density at radius 3 is 2.38 bits per heavy atom. The van der Waals surface area contributed by atoms with Gasteiger partial charge in [-0.05, 0) is 62.0 Å². The molecule has 1 saturated heterocycles. The molecule has 2 heterocycles. The number of piperidine rings is 1. The van der Waals surface area contributed by atoms with Crippen molar-refractivity contribution in [3.63, 3.8) is 0 Å². The van der Waals surface area contributed by atoms with Crippen LogP contribution < -0.4 is 5.32 Å². The van der Waals surface area contributed by atoms with Gasteiger partial charge in [0.2, 0.25) is 17.6 Å². The first kappa shape index (κ1) is 27.5. The lowest BCUT2D eigenvalue weighted by Crippen LogP contribution is -2.37. The van der Waals surface area contributed by atoms with E-state index in [9.17, 15) is 9.59 Å². The number of benzene rings is 3. The van der Waals surface area contributed by atoms with Crippen LogP contribution in [0.15, 0.2) is 77.3 Å². The number of likely N-dealkylation sites (tertiary alicyclic amines) is 1. The van der Waals surface area contributed by atoms with Crippen LogP contribution in [0.4, 0.5) is 5.69 Å². The summed E-state index contributed by atoms with van der Waals surface area (Å²) >= 11 is 0. The second-order valence-electron chi connectivity index (χ2n) is 11.7. The predicted octanol–water partition coefficient (Wildman–Crippen LogP) is 6.42.